The molecule has 2 aromatic carbocycles. The van der Waals surface area contributed by atoms with E-state index in [4.69, 9.17) is 21.1 Å². The number of halogens is 1. The van der Waals surface area contributed by atoms with E-state index in [1.807, 2.05) is 24.3 Å². The van der Waals surface area contributed by atoms with E-state index in [1.165, 1.54) is 13.2 Å². The van der Waals surface area contributed by atoms with Crippen LogP contribution in [0.3, 0.4) is 0 Å². The van der Waals surface area contributed by atoms with Crippen LogP contribution in [0.2, 0.25) is 5.02 Å². The second-order valence-corrected chi connectivity index (χ2v) is 6.30. The highest BCUT2D eigenvalue weighted by Crippen LogP contribution is 2.35. The standard InChI is InChI=1S/C20H20ClNO4/c1-25-19-13-14(12-17(21)20(19)24)2-7-18(23)15-3-5-16(6-4-15)22-8-10-26-11-9-22/h2-7,12-13,24H,8-11H2,1H3/b7-2+. The zero-order chi connectivity index (χ0) is 18.5. The van der Waals surface area contributed by atoms with E-state index < -0.39 is 0 Å². The Labute approximate surface area is 157 Å². The van der Waals surface area contributed by atoms with Gasteiger partial charge < -0.3 is 19.5 Å². The first-order valence-corrected chi connectivity index (χ1v) is 8.68. The maximum atomic E-state index is 12.4. The number of phenols is 1. The molecule has 6 heteroatoms. The molecule has 1 aliphatic rings. The SMILES string of the molecule is COc1cc(/C=C/C(=O)c2ccc(N3CCOCC3)cc2)cc(Cl)c1O. The molecule has 0 spiro atoms. The van der Waals surface area contributed by atoms with Crippen LogP contribution < -0.4 is 9.64 Å². The molecule has 0 aliphatic carbocycles. The monoisotopic (exact) mass is 373 g/mol. The number of carbonyl (C=O) groups excluding carboxylic acids is 1. The minimum atomic E-state index is -0.114. The molecule has 0 amide bonds. The molecule has 1 fully saturated rings. The molecule has 2 aromatic rings. The number of hydrogen-bond acceptors (Lipinski definition) is 5. The quantitative estimate of drug-likeness (QED) is 0.638. The summed E-state index contributed by atoms with van der Waals surface area (Å²) in [4.78, 5) is 14.6. The van der Waals surface area contributed by atoms with E-state index in [9.17, 15) is 9.90 Å². The molecule has 0 radical (unpaired) electrons. The Hall–Kier alpha value is -2.50. The van der Waals surface area contributed by atoms with Crippen molar-refractivity contribution in [1.82, 2.24) is 0 Å². The van der Waals surface area contributed by atoms with Gasteiger partial charge in [0.2, 0.25) is 0 Å². The number of benzene rings is 2. The number of methoxy groups -OCH3 is 1. The van der Waals surface area contributed by atoms with Gasteiger partial charge in [0, 0.05) is 24.3 Å². The summed E-state index contributed by atoms with van der Waals surface area (Å²) in [6.45, 7) is 3.16. The van der Waals surface area contributed by atoms with Crippen molar-refractivity contribution in [1.29, 1.82) is 0 Å². The van der Waals surface area contributed by atoms with Gasteiger partial charge in [0.1, 0.15) is 0 Å². The van der Waals surface area contributed by atoms with Gasteiger partial charge in [0.05, 0.1) is 25.3 Å². The smallest absolute Gasteiger partial charge is 0.185 e. The minimum absolute atomic E-state index is 0.110. The Morgan fingerprint density at radius 2 is 1.92 bits per heavy atom. The van der Waals surface area contributed by atoms with Crippen molar-refractivity contribution < 1.29 is 19.4 Å². The second-order valence-electron chi connectivity index (χ2n) is 5.90. The van der Waals surface area contributed by atoms with Gasteiger partial charge in [-0.2, -0.15) is 0 Å². The Balaban J connectivity index is 1.71. The number of phenolic OH excluding ortho intramolecular Hbond substituents is 1. The lowest BCUT2D eigenvalue weighted by atomic mass is 10.1. The van der Waals surface area contributed by atoms with Gasteiger partial charge in [-0.25, -0.2) is 0 Å². The third kappa shape index (κ3) is 4.18. The van der Waals surface area contributed by atoms with Crippen LogP contribution in [0.15, 0.2) is 42.5 Å². The molecule has 0 saturated carbocycles. The molecular weight excluding hydrogens is 354 g/mol. The Morgan fingerprint density at radius 3 is 2.58 bits per heavy atom. The number of nitrogens with zero attached hydrogens (tertiary/aromatic N) is 1. The summed E-state index contributed by atoms with van der Waals surface area (Å²) in [5.74, 6) is 0.0394. The van der Waals surface area contributed by atoms with E-state index >= 15 is 0 Å². The van der Waals surface area contributed by atoms with Gasteiger partial charge in [-0.3, -0.25) is 4.79 Å². The maximum Gasteiger partial charge on any atom is 0.185 e. The summed E-state index contributed by atoms with van der Waals surface area (Å²) in [6.07, 6.45) is 3.12. The van der Waals surface area contributed by atoms with Crippen LogP contribution in [0.4, 0.5) is 5.69 Å². The first kappa shape index (κ1) is 18.3. The van der Waals surface area contributed by atoms with E-state index in [0.29, 0.717) is 11.1 Å². The summed E-state index contributed by atoms with van der Waals surface area (Å²) in [5.41, 5.74) is 2.36. The molecule has 1 N–H and O–H groups in total. The molecule has 0 bridgehead atoms. The van der Waals surface area contributed by atoms with Gasteiger partial charge in [-0.05, 0) is 48.0 Å². The van der Waals surface area contributed by atoms with Crippen molar-refractivity contribution in [2.24, 2.45) is 0 Å². The predicted molar refractivity (Wildman–Crippen MR) is 103 cm³/mol. The number of carbonyl (C=O) groups is 1. The van der Waals surface area contributed by atoms with Crippen LogP contribution in [-0.2, 0) is 4.74 Å². The van der Waals surface area contributed by atoms with Crippen LogP contribution in [0.1, 0.15) is 15.9 Å². The van der Waals surface area contributed by atoms with Crippen molar-refractivity contribution in [3.63, 3.8) is 0 Å². The fourth-order valence-corrected chi connectivity index (χ4v) is 2.99. The first-order chi connectivity index (χ1) is 12.6. The number of anilines is 1. The number of hydrogen-bond donors (Lipinski definition) is 1. The first-order valence-electron chi connectivity index (χ1n) is 8.30. The second kappa shape index (κ2) is 8.25. The van der Waals surface area contributed by atoms with E-state index in [-0.39, 0.29) is 22.3 Å². The number of morpholine rings is 1. The number of ketones is 1. The molecule has 0 aromatic heterocycles. The zero-order valence-electron chi connectivity index (χ0n) is 14.4. The third-order valence-electron chi connectivity index (χ3n) is 4.23. The summed E-state index contributed by atoms with van der Waals surface area (Å²) < 4.78 is 10.4. The maximum absolute atomic E-state index is 12.4. The average Bonchev–Trinajstić information content (AvgIpc) is 2.69. The summed E-state index contributed by atoms with van der Waals surface area (Å²) in [7, 11) is 1.44. The number of rotatable bonds is 5. The topological polar surface area (TPSA) is 59.0 Å². The van der Waals surface area contributed by atoms with Crippen LogP contribution in [0, 0.1) is 0 Å². The molecule has 1 heterocycles. The molecule has 1 saturated heterocycles. The molecule has 3 rings (SSSR count). The Kier molecular flexibility index (Phi) is 5.81. The van der Waals surface area contributed by atoms with Crippen LogP contribution >= 0.6 is 11.6 Å². The highest BCUT2D eigenvalue weighted by Gasteiger charge is 2.12. The molecular formula is C20H20ClNO4. The lowest BCUT2D eigenvalue weighted by Gasteiger charge is -2.28. The van der Waals surface area contributed by atoms with Crippen LogP contribution in [-0.4, -0.2) is 44.3 Å². The van der Waals surface area contributed by atoms with Crippen LogP contribution in [0.5, 0.6) is 11.5 Å². The minimum Gasteiger partial charge on any atom is -0.503 e. The number of ether oxygens (including phenoxy) is 2. The average molecular weight is 374 g/mol. The molecule has 5 nitrogen and oxygen atoms in total. The summed E-state index contributed by atoms with van der Waals surface area (Å²) >= 11 is 5.96. The third-order valence-corrected chi connectivity index (χ3v) is 4.51. The van der Waals surface area contributed by atoms with Crippen molar-refractivity contribution >= 4 is 29.1 Å². The van der Waals surface area contributed by atoms with E-state index in [2.05, 4.69) is 4.90 Å². The van der Waals surface area contributed by atoms with Gasteiger partial charge >= 0.3 is 0 Å². The summed E-state index contributed by atoms with van der Waals surface area (Å²) in [5, 5.41) is 9.92. The molecule has 0 unspecified atom stereocenters. The highest BCUT2D eigenvalue weighted by atomic mass is 35.5. The number of aromatic hydroxyl groups is 1. The highest BCUT2D eigenvalue weighted by molar-refractivity contribution is 6.32. The Bertz CT molecular complexity index is 811. The molecule has 0 atom stereocenters. The van der Waals surface area contributed by atoms with Gasteiger partial charge in [-0.1, -0.05) is 17.7 Å². The summed E-state index contributed by atoms with van der Waals surface area (Å²) in [6, 6.07) is 10.7. The zero-order valence-corrected chi connectivity index (χ0v) is 15.2. The van der Waals surface area contributed by atoms with Gasteiger partial charge in [0.25, 0.3) is 0 Å². The lowest BCUT2D eigenvalue weighted by molar-refractivity contribution is 0.104. The fraction of sp³-hybridized carbons (Fsp3) is 0.250. The van der Waals surface area contributed by atoms with Crippen molar-refractivity contribution in [3.05, 3.63) is 58.6 Å². The largest absolute Gasteiger partial charge is 0.503 e. The van der Waals surface area contributed by atoms with Crippen molar-refractivity contribution in [3.8, 4) is 11.5 Å². The van der Waals surface area contributed by atoms with Crippen LogP contribution in [0.25, 0.3) is 6.08 Å². The van der Waals surface area contributed by atoms with Crippen molar-refractivity contribution in [2.45, 2.75) is 0 Å². The van der Waals surface area contributed by atoms with Crippen molar-refractivity contribution in [2.75, 3.05) is 38.3 Å². The molecule has 1 aliphatic heterocycles. The normalized spacial score (nSPS) is 14.6. The molecule has 136 valence electrons. The number of allylic oxidation sites excluding steroid dienone is 1. The van der Waals surface area contributed by atoms with Gasteiger partial charge in [0.15, 0.2) is 17.3 Å². The Morgan fingerprint density at radius 1 is 1.23 bits per heavy atom. The van der Waals surface area contributed by atoms with E-state index in [0.717, 1.165) is 32.0 Å². The lowest BCUT2D eigenvalue weighted by Crippen LogP contribution is -2.36. The predicted octanol–water partition coefficient (Wildman–Crippen LogP) is 3.79. The van der Waals surface area contributed by atoms with E-state index in [1.54, 1.807) is 18.2 Å². The molecule has 26 heavy (non-hydrogen) atoms. The van der Waals surface area contributed by atoms with Gasteiger partial charge in [-0.15, -0.1) is 0 Å². The fourth-order valence-electron chi connectivity index (χ4n) is 2.77.